The number of benzene rings is 1. The van der Waals surface area contributed by atoms with E-state index in [4.69, 9.17) is 0 Å². The summed E-state index contributed by atoms with van der Waals surface area (Å²) in [6, 6.07) is 10.0. The lowest BCUT2D eigenvalue weighted by Gasteiger charge is -2.16. The van der Waals surface area contributed by atoms with Gasteiger partial charge in [0, 0.05) is 12.7 Å². The summed E-state index contributed by atoms with van der Waals surface area (Å²) in [7, 11) is 1.81. The Morgan fingerprint density at radius 1 is 1.32 bits per heavy atom. The first-order valence-corrected chi connectivity index (χ1v) is 7.76. The zero-order valence-electron chi connectivity index (χ0n) is 11.2. The third-order valence-electron chi connectivity index (χ3n) is 3.10. The number of hydrogen-bond donors (Lipinski definition) is 0. The first-order chi connectivity index (χ1) is 9.02. The van der Waals surface area contributed by atoms with Gasteiger partial charge in [-0.3, -0.25) is 4.79 Å². The van der Waals surface area contributed by atoms with Crippen LogP contribution in [0.1, 0.15) is 27.7 Å². The molecule has 0 N–H and O–H groups in total. The highest BCUT2D eigenvalue weighted by atomic mass is 79.9. The summed E-state index contributed by atoms with van der Waals surface area (Å²) in [6.45, 7) is 4.11. The molecule has 1 aromatic carbocycles. The van der Waals surface area contributed by atoms with Crippen molar-refractivity contribution in [3.8, 4) is 0 Å². The van der Waals surface area contributed by atoms with Crippen molar-refractivity contribution in [2.75, 3.05) is 11.9 Å². The minimum Gasteiger partial charge on any atom is -0.311 e. The normalized spacial score (nSPS) is 10.5. The van der Waals surface area contributed by atoms with E-state index in [9.17, 15) is 4.79 Å². The Hall–Kier alpha value is -1.13. The summed E-state index contributed by atoms with van der Waals surface area (Å²) in [4.78, 5) is 14.8. The number of aryl methyl sites for hydroxylation is 2. The molecule has 0 atom stereocenters. The Morgan fingerprint density at radius 3 is 2.42 bits per heavy atom. The maximum absolute atomic E-state index is 12.4. The van der Waals surface area contributed by atoms with E-state index in [2.05, 4.69) is 35.0 Å². The largest absolute Gasteiger partial charge is 0.311 e. The fourth-order valence-corrected chi connectivity index (χ4v) is 3.31. The third kappa shape index (κ3) is 3.07. The van der Waals surface area contributed by atoms with Gasteiger partial charge in [-0.15, -0.1) is 11.3 Å². The molecule has 0 aliphatic heterocycles. The Labute approximate surface area is 126 Å². The van der Waals surface area contributed by atoms with Crippen LogP contribution in [0.2, 0.25) is 0 Å². The van der Waals surface area contributed by atoms with Crippen molar-refractivity contribution in [1.29, 1.82) is 0 Å². The Bertz CT molecular complexity index is 569. The monoisotopic (exact) mass is 337 g/mol. The molecule has 1 aromatic heterocycles. The van der Waals surface area contributed by atoms with Gasteiger partial charge in [0.25, 0.3) is 5.91 Å². The van der Waals surface area contributed by atoms with Crippen molar-refractivity contribution in [1.82, 2.24) is 0 Å². The molecule has 1 amide bonds. The van der Waals surface area contributed by atoms with Crippen LogP contribution >= 0.6 is 27.3 Å². The second kappa shape index (κ2) is 5.88. The van der Waals surface area contributed by atoms with Gasteiger partial charge in [-0.25, -0.2) is 0 Å². The van der Waals surface area contributed by atoms with Crippen LogP contribution in [0.4, 0.5) is 5.69 Å². The fraction of sp³-hybridized carbons (Fsp3) is 0.267. The lowest BCUT2D eigenvalue weighted by molar-refractivity contribution is 0.0997. The molecule has 0 saturated carbocycles. The maximum Gasteiger partial charge on any atom is 0.268 e. The number of nitrogens with zero attached hydrogens (tertiary/aromatic N) is 1. The molecule has 0 bridgehead atoms. The molecule has 0 saturated heterocycles. The van der Waals surface area contributed by atoms with Crippen LogP contribution in [-0.2, 0) is 6.42 Å². The zero-order valence-corrected chi connectivity index (χ0v) is 13.6. The predicted octanol–water partition coefficient (Wildman–Crippen LogP) is 4.66. The van der Waals surface area contributed by atoms with Gasteiger partial charge in [0.2, 0.25) is 0 Å². The number of halogens is 1. The summed E-state index contributed by atoms with van der Waals surface area (Å²) < 4.78 is 1.02. The van der Waals surface area contributed by atoms with E-state index in [1.165, 1.54) is 16.9 Å². The Morgan fingerprint density at radius 2 is 1.95 bits per heavy atom. The van der Waals surface area contributed by atoms with Gasteiger partial charge in [0.05, 0.1) is 8.66 Å². The average Bonchev–Trinajstić information content (AvgIpc) is 2.77. The van der Waals surface area contributed by atoms with E-state index >= 15 is 0 Å². The molecule has 2 nitrogen and oxygen atoms in total. The molecule has 0 spiro atoms. The van der Waals surface area contributed by atoms with Gasteiger partial charge in [0.15, 0.2) is 0 Å². The number of amides is 1. The van der Waals surface area contributed by atoms with E-state index in [0.717, 1.165) is 26.3 Å². The van der Waals surface area contributed by atoms with Crippen LogP contribution in [0.5, 0.6) is 0 Å². The minimum absolute atomic E-state index is 0.0306. The van der Waals surface area contributed by atoms with Crippen molar-refractivity contribution >= 4 is 38.9 Å². The molecule has 19 heavy (non-hydrogen) atoms. The molecular weight excluding hydrogens is 322 g/mol. The van der Waals surface area contributed by atoms with Crippen molar-refractivity contribution in [3.63, 3.8) is 0 Å². The van der Waals surface area contributed by atoms with Gasteiger partial charge in [0.1, 0.15) is 0 Å². The van der Waals surface area contributed by atoms with E-state index in [1.807, 2.05) is 32.2 Å². The van der Waals surface area contributed by atoms with Crippen LogP contribution in [-0.4, -0.2) is 13.0 Å². The predicted molar refractivity (Wildman–Crippen MR) is 85.3 cm³/mol. The summed E-state index contributed by atoms with van der Waals surface area (Å²) in [5.41, 5.74) is 3.30. The lowest BCUT2D eigenvalue weighted by Crippen LogP contribution is -2.25. The lowest BCUT2D eigenvalue weighted by atomic mass is 10.1. The number of rotatable bonds is 3. The van der Waals surface area contributed by atoms with Crippen molar-refractivity contribution < 1.29 is 4.79 Å². The Kier molecular flexibility index (Phi) is 4.42. The molecular formula is C15H16BrNOS. The van der Waals surface area contributed by atoms with Crippen LogP contribution < -0.4 is 4.90 Å². The van der Waals surface area contributed by atoms with Crippen LogP contribution in [0.15, 0.2) is 34.1 Å². The molecule has 2 rings (SSSR count). The Balaban J connectivity index is 2.22. The quantitative estimate of drug-likeness (QED) is 0.797. The van der Waals surface area contributed by atoms with E-state index in [-0.39, 0.29) is 5.91 Å². The summed E-state index contributed by atoms with van der Waals surface area (Å²) >= 11 is 4.93. The topological polar surface area (TPSA) is 20.3 Å². The van der Waals surface area contributed by atoms with Crippen molar-refractivity contribution in [2.45, 2.75) is 20.3 Å². The van der Waals surface area contributed by atoms with Crippen molar-refractivity contribution in [2.24, 2.45) is 0 Å². The molecule has 1 heterocycles. The van der Waals surface area contributed by atoms with Gasteiger partial charge in [-0.2, -0.15) is 0 Å². The van der Waals surface area contributed by atoms with Crippen LogP contribution in [0, 0.1) is 6.92 Å². The molecule has 0 unspecified atom stereocenters. The second-order valence-corrected chi connectivity index (χ2v) is 6.82. The number of hydrogen-bond acceptors (Lipinski definition) is 2. The second-order valence-electron chi connectivity index (χ2n) is 4.45. The van der Waals surface area contributed by atoms with Crippen LogP contribution in [0.3, 0.4) is 0 Å². The maximum atomic E-state index is 12.4. The highest BCUT2D eigenvalue weighted by Crippen LogP contribution is 2.29. The zero-order chi connectivity index (χ0) is 14.0. The standard InChI is InChI=1S/C15H16BrNOS/c1-4-11-5-7-12(8-6-11)17(3)15(18)13-9-10(2)14(16)19-13/h5-9H,4H2,1-3H3. The highest BCUT2D eigenvalue weighted by Gasteiger charge is 2.16. The molecule has 4 heteroatoms. The molecule has 2 aromatic rings. The number of carbonyl (C=O) groups excluding carboxylic acids is 1. The summed E-state index contributed by atoms with van der Waals surface area (Å²) in [6.07, 6.45) is 1.01. The summed E-state index contributed by atoms with van der Waals surface area (Å²) in [5.74, 6) is 0.0306. The number of anilines is 1. The van der Waals surface area contributed by atoms with E-state index < -0.39 is 0 Å². The molecule has 0 fully saturated rings. The number of thiophene rings is 1. The molecule has 0 radical (unpaired) electrons. The van der Waals surface area contributed by atoms with E-state index in [1.54, 1.807) is 4.90 Å². The fourth-order valence-electron chi connectivity index (χ4n) is 1.80. The van der Waals surface area contributed by atoms with Crippen molar-refractivity contribution in [3.05, 3.63) is 50.1 Å². The SMILES string of the molecule is CCc1ccc(N(C)C(=O)c2cc(C)c(Br)s2)cc1. The third-order valence-corrected chi connectivity index (χ3v) is 5.23. The first-order valence-electron chi connectivity index (χ1n) is 6.16. The van der Waals surface area contributed by atoms with Gasteiger partial charge in [-0.1, -0.05) is 19.1 Å². The van der Waals surface area contributed by atoms with Gasteiger partial charge < -0.3 is 4.90 Å². The number of carbonyl (C=O) groups is 1. The minimum atomic E-state index is 0.0306. The summed E-state index contributed by atoms with van der Waals surface area (Å²) in [5, 5.41) is 0. The van der Waals surface area contributed by atoms with E-state index in [0.29, 0.717) is 0 Å². The molecule has 0 aliphatic carbocycles. The molecule has 0 aliphatic rings. The van der Waals surface area contributed by atoms with Crippen LogP contribution in [0.25, 0.3) is 0 Å². The average molecular weight is 338 g/mol. The highest BCUT2D eigenvalue weighted by molar-refractivity contribution is 9.11. The van der Waals surface area contributed by atoms with Gasteiger partial charge in [-0.05, 0) is 58.6 Å². The smallest absolute Gasteiger partial charge is 0.268 e. The molecule has 100 valence electrons. The van der Waals surface area contributed by atoms with Gasteiger partial charge >= 0.3 is 0 Å². The first kappa shape index (κ1) is 14.3.